The van der Waals surface area contributed by atoms with Crippen LogP contribution < -0.4 is 4.74 Å². The number of ether oxygens (including phenoxy) is 2. The number of carbonyl (C=O) groups excluding carboxylic acids is 1. The van der Waals surface area contributed by atoms with Gasteiger partial charge in [-0.3, -0.25) is 9.69 Å². The fourth-order valence-corrected chi connectivity index (χ4v) is 5.36. The number of aromatic carboxylic acids is 1. The molecule has 0 aliphatic carbocycles. The minimum absolute atomic E-state index is 0.104. The molecule has 1 amide bonds. The summed E-state index contributed by atoms with van der Waals surface area (Å²) in [6.07, 6.45) is 1.08. The van der Waals surface area contributed by atoms with Crippen LogP contribution in [0.15, 0.2) is 52.9 Å². The molecule has 0 spiro atoms. The Morgan fingerprint density at radius 1 is 1.12 bits per heavy atom. The van der Waals surface area contributed by atoms with Crippen molar-refractivity contribution in [1.29, 1.82) is 0 Å². The summed E-state index contributed by atoms with van der Waals surface area (Å²) in [5, 5.41) is 10.1. The molecule has 0 unspecified atom stereocenters. The molecule has 2 aromatic carbocycles. The number of hydrogen-bond acceptors (Lipinski definition) is 7. The van der Waals surface area contributed by atoms with Gasteiger partial charge in [-0.15, -0.1) is 0 Å². The van der Waals surface area contributed by atoms with Gasteiger partial charge < -0.3 is 28.5 Å². The van der Waals surface area contributed by atoms with E-state index in [-0.39, 0.29) is 29.9 Å². The Kier molecular flexibility index (Phi) is 7.70. The molecule has 11 heteroatoms. The summed E-state index contributed by atoms with van der Waals surface area (Å²) in [7, 11) is 0. The van der Waals surface area contributed by atoms with Crippen LogP contribution in [0.3, 0.4) is 0 Å². The Morgan fingerprint density at radius 3 is 2.66 bits per heavy atom. The largest absolute Gasteiger partial charge is 0.485 e. The van der Waals surface area contributed by atoms with Crippen molar-refractivity contribution in [1.82, 2.24) is 19.4 Å². The van der Waals surface area contributed by atoms with Crippen LogP contribution in [0.2, 0.25) is 5.02 Å². The summed E-state index contributed by atoms with van der Waals surface area (Å²) in [6, 6.07) is 14.0. The second kappa shape index (κ2) is 11.6. The first-order chi connectivity index (χ1) is 19.9. The first-order valence-corrected chi connectivity index (χ1v) is 14.1. The molecule has 2 aromatic heterocycles. The van der Waals surface area contributed by atoms with Gasteiger partial charge in [-0.1, -0.05) is 17.7 Å². The maximum atomic E-state index is 13.1. The van der Waals surface area contributed by atoms with Gasteiger partial charge in [0, 0.05) is 43.4 Å². The third-order valence-corrected chi connectivity index (χ3v) is 8.15. The molecule has 4 aromatic rings. The van der Waals surface area contributed by atoms with Gasteiger partial charge >= 0.3 is 5.97 Å². The average Bonchev–Trinajstić information content (AvgIpc) is 3.55. The van der Waals surface area contributed by atoms with Crippen molar-refractivity contribution >= 4 is 34.5 Å². The summed E-state index contributed by atoms with van der Waals surface area (Å²) in [5.74, 6) is 1.28. The van der Waals surface area contributed by atoms with Crippen molar-refractivity contribution in [2.24, 2.45) is 0 Å². The molecule has 41 heavy (non-hydrogen) atoms. The van der Waals surface area contributed by atoms with Crippen molar-refractivity contribution in [2.45, 2.75) is 39.1 Å². The lowest BCUT2D eigenvalue weighted by Gasteiger charge is -2.34. The van der Waals surface area contributed by atoms with Gasteiger partial charge in [0.25, 0.3) is 5.91 Å². The minimum Gasteiger partial charge on any atom is -0.485 e. The first-order valence-electron chi connectivity index (χ1n) is 13.7. The van der Waals surface area contributed by atoms with Gasteiger partial charge in [0.1, 0.15) is 23.9 Å². The van der Waals surface area contributed by atoms with Crippen molar-refractivity contribution in [3.8, 4) is 5.75 Å². The van der Waals surface area contributed by atoms with Crippen LogP contribution in [0.5, 0.6) is 5.75 Å². The molecule has 6 rings (SSSR count). The van der Waals surface area contributed by atoms with Gasteiger partial charge in [0.15, 0.2) is 5.76 Å². The van der Waals surface area contributed by atoms with E-state index in [1.807, 2.05) is 25.1 Å². The Morgan fingerprint density at radius 2 is 1.93 bits per heavy atom. The molecule has 4 heterocycles. The SMILES string of the molecule is Cc1c(Cl)cccc1OCc1ccc(C(=O)N2CCN(Cc3nc4ccc(C(=O)O)cc4n3C[C@@H]3CCO3)CC2)o1. The lowest BCUT2D eigenvalue weighted by Crippen LogP contribution is -2.48. The number of piperazine rings is 1. The molecule has 0 radical (unpaired) electrons. The van der Waals surface area contributed by atoms with Gasteiger partial charge in [0.05, 0.1) is 35.8 Å². The van der Waals surface area contributed by atoms with Crippen LogP contribution in [-0.2, 0) is 24.4 Å². The lowest BCUT2D eigenvalue weighted by molar-refractivity contribution is -0.0592. The van der Waals surface area contributed by atoms with E-state index in [1.54, 1.807) is 35.2 Å². The van der Waals surface area contributed by atoms with Crippen molar-refractivity contribution < 1.29 is 28.6 Å². The number of carboxylic acids is 1. The average molecular weight is 579 g/mol. The zero-order valence-electron chi connectivity index (χ0n) is 22.7. The number of hydrogen-bond donors (Lipinski definition) is 1. The van der Waals surface area contributed by atoms with Crippen molar-refractivity contribution in [3.05, 3.63) is 82.0 Å². The predicted molar refractivity (Wildman–Crippen MR) is 151 cm³/mol. The zero-order valence-corrected chi connectivity index (χ0v) is 23.5. The Bertz CT molecular complexity index is 1590. The number of benzene rings is 2. The topological polar surface area (TPSA) is 110 Å². The molecule has 0 bridgehead atoms. The second-order valence-corrected chi connectivity index (χ2v) is 10.8. The smallest absolute Gasteiger partial charge is 0.335 e. The van der Waals surface area contributed by atoms with E-state index in [4.69, 9.17) is 30.5 Å². The number of carboxylic acid groups (broad SMARTS) is 1. The predicted octanol–water partition coefficient (Wildman–Crippen LogP) is 4.62. The Labute approximate surface area is 242 Å². The molecule has 1 atom stereocenters. The molecule has 2 saturated heterocycles. The summed E-state index contributed by atoms with van der Waals surface area (Å²) in [4.78, 5) is 33.6. The van der Waals surface area contributed by atoms with Gasteiger partial charge in [-0.2, -0.15) is 0 Å². The van der Waals surface area contributed by atoms with Crippen molar-refractivity contribution in [3.63, 3.8) is 0 Å². The van der Waals surface area contributed by atoms with E-state index in [2.05, 4.69) is 9.47 Å². The number of fused-ring (bicyclic) bond motifs is 1. The van der Waals surface area contributed by atoms with E-state index in [1.165, 1.54) is 0 Å². The third kappa shape index (κ3) is 5.81. The first kappa shape index (κ1) is 27.3. The second-order valence-electron chi connectivity index (χ2n) is 10.4. The molecular weight excluding hydrogens is 548 g/mol. The molecule has 0 saturated carbocycles. The highest BCUT2D eigenvalue weighted by molar-refractivity contribution is 6.31. The standard InChI is InChI=1S/C30H31ClN4O6/c1-19-23(31)3-2-4-26(19)40-18-22-6-8-27(41-22)29(36)34-12-10-33(11-13-34)17-28-32-24-7-5-20(30(37)38)15-25(24)35(28)16-21-9-14-39-21/h2-8,15,21H,9-14,16-18H2,1H3,(H,37,38)/t21-/m0/s1. The fourth-order valence-electron chi connectivity index (χ4n) is 5.19. The number of rotatable bonds is 9. The summed E-state index contributed by atoms with van der Waals surface area (Å²) >= 11 is 6.17. The van der Waals surface area contributed by atoms with Crippen LogP contribution in [-0.4, -0.2) is 75.2 Å². The van der Waals surface area contributed by atoms with E-state index in [0.717, 1.165) is 35.4 Å². The highest BCUT2D eigenvalue weighted by Crippen LogP contribution is 2.27. The highest BCUT2D eigenvalue weighted by atomic mass is 35.5. The van der Waals surface area contributed by atoms with Gasteiger partial charge in [-0.05, 0) is 55.8 Å². The quantitative estimate of drug-likeness (QED) is 0.306. The van der Waals surface area contributed by atoms with E-state index < -0.39 is 5.97 Å². The number of aromatic nitrogens is 2. The van der Waals surface area contributed by atoms with Gasteiger partial charge in [0.2, 0.25) is 0 Å². The lowest BCUT2D eigenvalue weighted by atomic mass is 10.1. The zero-order chi connectivity index (χ0) is 28.5. The maximum absolute atomic E-state index is 13.1. The van der Waals surface area contributed by atoms with Crippen LogP contribution in [0.25, 0.3) is 11.0 Å². The molecule has 2 aliphatic heterocycles. The molecular formula is C30H31ClN4O6. The third-order valence-electron chi connectivity index (χ3n) is 7.74. The molecule has 2 aliphatic rings. The molecule has 10 nitrogen and oxygen atoms in total. The molecule has 2 fully saturated rings. The maximum Gasteiger partial charge on any atom is 0.335 e. The number of halogens is 1. The van der Waals surface area contributed by atoms with E-state index in [0.29, 0.717) is 55.8 Å². The Balaban J connectivity index is 1.08. The fraction of sp³-hybridized carbons (Fsp3) is 0.367. The van der Waals surface area contributed by atoms with E-state index in [9.17, 15) is 14.7 Å². The summed E-state index contributed by atoms with van der Waals surface area (Å²) in [5.41, 5.74) is 2.65. The number of imidazole rings is 1. The Hall–Kier alpha value is -3.86. The monoisotopic (exact) mass is 578 g/mol. The molecule has 214 valence electrons. The van der Waals surface area contributed by atoms with Crippen LogP contribution in [0.4, 0.5) is 0 Å². The minimum atomic E-state index is -0.964. The van der Waals surface area contributed by atoms with E-state index >= 15 is 0 Å². The van der Waals surface area contributed by atoms with Crippen LogP contribution in [0, 0.1) is 6.92 Å². The summed E-state index contributed by atoms with van der Waals surface area (Å²) < 4.78 is 19.4. The van der Waals surface area contributed by atoms with Crippen LogP contribution in [0.1, 0.15) is 44.5 Å². The highest BCUT2D eigenvalue weighted by Gasteiger charge is 2.27. The number of nitrogens with zero attached hydrogens (tertiary/aromatic N) is 4. The van der Waals surface area contributed by atoms with Gasteiger partial charge in [-0.25, -0.2) is 9.78 Å². The number of furan rings is 1. The summed E-state index contributed by atoms with van der Waals surface area (Å²) in [6.45, 7) is 6.54. The normalized spacial score (nSPS) is 17.5. The number of amides is 1. The van der Waals surface area contributed by atoms with Crippen molar-refractivity contribution in [2.75, 3.05) is 32.8 Å². The van der Waals surface area contributed by atoms with Crippen LogP contribution >= 0.6 is 11.6 Å². The number of carbonyl (C=O) groups is 2. The molecule has 1 N–H and O–H groups in total.